The highest BCUT2D eigenvalue weighted by Gasteiger charge is 2.08. The Morgan fingerprint density at radius 2 is 2.16 bits per heavy atom. The maximum atomic E-state index is 11.8. The summed E-state index contributed by atoms with van der Waals surface area (Å²) >= 11 is 5.85. The molecule has 0 fully saturated rings. The molecule has 0 saturated carbocycles. The first-order valence-corrected chi connectivity index (χ1v) is 5.98. The summed E-state index contributed by atoms with van der Waals surface area (Å²) in [6.07, 6.45) is 1.42. The number of ether oxygens (including phenoxy) is 2. The fourth-order valence-corrected chi connectivity index (χ4v) is 1.69. The summed E-state index contributed by atoms with van der Waals surface area (Å²) in [4.78, 5) is 15.7. The number of esters is 1. The lowest BCUT2D eigenvalue weighted by Gasteiger charge is -2.05. The van der Waals surface area contributed by atoms with E-state index in [2.05, 4.69) is 4.98 Å². The minimum absolute atomic E-state index is 0.172. The fourth-order valence-electron chi connectivity index (χ4n) is 1.48. The maximum Gasteiger partial charge on any atom is 0.340 e. The third-order valence-corrected chi connectivity index (χ3v) is 2.68. The molecule has 0 saturated heterocycles. The first-order valence-electron chi connectivity index (χ1n) is 5.60. The van der Waals surface area contributed by atoms with E-state index in [0.29, 0.717) is 16.5 Å². The average molecular weight is 278 g/mol. The predicted octanol–water partition coefficient (Wildman–Crippen LogP) is 3.10. The van der Waals surface area contributed by atoms with Gasteiger partial charge in [-0.15, -0.1) is 0 Å². The van der Waals surface area contributed by atoms with Gasteiger partial charge in [0.2, 0.25) is 5.88 Å². The average Bonchev–Trinajstić information content (AvgIpc) is 2.45. The minimum Gasteiger partial charge on any atom is -0.481 e. The van der Waals surface area contributed by atoms with Crippen LogP contribution in [0.3, 0.4) is 0 Å². The molecule has 1 aromatic heterocycles. The number of aromatic nitrogens is 1. The van der Waals surface area contributed by atoms with Crippen molar-refractivity contribution in [1.29, 1.82) is 0 Å². The van der Waals surface area contributed by atoms with Crippen LogP contribution in [0.5, 0.6) is 5.88 Å². The van der Waals surface area contributed by atoms with Crippen LogP contribution in [-0.2, 0) is 11.3 Å². The van der Waals surface area contributed by atoms with Gasteiger partial charge in [-0.2, -0.15) is 0 Å². The number of carbonyl (C=O) groups is 1. The van der Waals surface area contributed by atoms with Crippen molar-refractivity contribution in [3.05, 3.63) is 58.7 Å². The van der Waals surface area contributed by atoms with Crippen LogP contribution in [0.2, 0.25) is 5.02 Å². The van der Waals surface area contributed by atoms with E-state index >= 15 is 0 Å². The van der Waals surface area contributed by atoms with Crippen LogP contribution in [0.1, 0.15) is 15.9 Å². The monoisotopic (exact) mass is 277 g/mol. The van der Waals surface area contributed by atoms with Crippen LogP contribution >= 0.6 is 11.6 Å². The van der Waals surface area contributed by atoms with E-state index in [4.69, 9.17) is 21.1 Å². The highest BCUT2D eigenvalue weighted by molar-refractivity contribution is 6.30. The molecular weight excluding hydrogens is 266 g/mol. The molecule has 0 spiro atoms. The van der Waals surface area contributed by atoms with Gasteiger partial charge in [0, 0.05) is 17.3 Å². The molecule has 0 radical (unpaired) electrons. The lowest BCUT2D eigenvalue weighted by atomic mass is 10.2. The van der Waals surface area contributed by atoms with E-state index in [9.17, 15) is 4.79 Å². The highest BCUT2D eigenvalue weighted by Crippen LogP contribution is 2.13. The fraction of sp³-hybridized carbons (Fsp3) is 0.143. The molecule has 0 bridgehead atoms. The molecule has 0 aliphatic heterocycles. The molecule has 2 aromatic rings. The molecule has 1 heterocycles. The summed E-state index contributed by atoms with van der Waals surface area (Å²) in [5.41, 5.74) is 1.21. The summed E-state index contributed by atoms with van der Waals surface area (Å²) < 4.78 is 10.1. The molecule has 0 unspecified atom stereocenters. The van der Waals surface area contributed by atoms with Gasteiger partial charge in [-0.3, -0.25) is 0 Å². The number of nitrogens with zero attached hydrogens (tertiary/aromatic N) is 1. The lowest BCUT2D eigenvalue weighted by molar-refractivity contribution is 0.0472. The normalized spacial score (nSPS) is 10.0. The van der Waals surface area contributed by atoms with Crippen molar-refractivity contribution >= 4 is 17.6 Å². The predicted molar refractivity (Wildman–Crippen MR) is 71.4 cm³/mol. The first-order chi connectivity index (χ1) is 9.19. The molecule has 0 aliphatic carbocycles. The topological polar surface area (TPSA) is 48.4 Å². The second kappa shape index (κ2) is 6.20. The number of carbonyl (C=O) groups excluding carboxylic acids is 1. The van der Waals surface area contributed by atoms with Gasteiger partial charge in [-0.25, -0.2) is 9.78 Å². The Morgan fingerprint density at radius 1 is 1.32 bits per heavy atom. The van der Waals surface area contributed by atoms with Crippen molar-refractivity contribution in [2.75, 3.05) is 7.11 Å². The van der Waals surface area contributed by atoms with Gasteiger partial charge in [-0.05, 0) is 23.8 Å². The molecular formula is C14H12ClNO3. The summed E-state index contributed by atoms with van der Waals surface area (Å²) in [6, 6.07) is 10.4. The Balaban J connectivity index is 1.97. The van der Waals surface area contributed by atoms with Crippen LogP contribution < -0.4 is 4.74 Å². The number of pyridine rings is 1. The van der Waals surface area contributed by atoms with Crippen LogP contribution in [0.4, 0.5) is 0 Å². The van der Waals surface area contributed by atoms with Gasteiger partial charge in [0.15, 0.2) is 0 Å². The van der Waals surface area contributed by atoms with Gasteiger partial charge in [-0.1, -0.05) is 23.7 Å². The van der Waals surface area contributed by atoms with Crippen LogP contribution in [0, 0.1) is 0 Å². The largest absolute Gasteiger partial charge is 0.481 e. The highest BCUT2D eigenvalue weighted by atomic mass is 35.5. The summed E-state index contributed by atoms with van der Waals surface area (Å²) in [6.45, 7) is 0.172. The zero-order valence-corrected chi connectivity index (χ0v) is 11.1. The standard InChI is InChI=1S/C14H12ClNO3/c1-18-13-6-5-11(8-16-13)14(17)19-9-10-3-2-4-12(15)7-10/h2-8H,9H2,1H3. The Bertz CT molecular complexity index is 569. The van der Waals surface area contributed by atoms with Crippen molar-refractivity contribution in [2.45, 2.75) is 6.61 Å². The molecule has 0 N–H and O–H groups in total. The summed E-state index contributed by atoms with van der Waals surface area (Å²) in [7, 11) is 1.51. The molecule has 4 nitrogen and oxygen atoms in total. The quantitative estimate of drug-likeness (QED) is 0.806. The van der Waals surface area contributed by atoms with Crippen molar-refractivity contribution in [2.24, 2.45) is 0 Å². The van der Waals surface area contributed by atoms with Gasteiger partial charge < -0.3 is 9.47 Å². The molecule has 0 atom stereocenters. The van der Waals surface area contributed by atoms with Crippen molar-refractivity contribution in [1.82, 2.24) is 4.98 Å². The molecule has 5 heteroatoms. The molecule has 0 amide bonds. The third kappa shape index (κ3) is 3.69. The Morgan fingerprint density at radius 3 is 2.79 bits per heavy atom. The first kappa shape index (κ1) is 13.4. The number of hydrogen-bond donors (Lipinski definition) is 0. The Hall–Kier alpha value is -2.07. The maximum absolute atomic E-state index is 11.8. The van der Waals surface area contributed by atoms with Crippen LogP contribution in [0.25, 0.3) is 0 Å². The van der Waals surface area contributed by atoms with Crippen molar-refractivity contribution in [3.8, 4) is 5.88 Å². The second-order valence-electron chi connectivity index (χ2n) is 3.80. The van der Waals surface area contributed by atoms with E-state index in [0.717, 1.165) is 5.56 Å². The SMILES string of the molecule is COc1ccc(C(=O)OCc2cccc(Cl)c2)cn1. The van der Waals surface area contributed by atoms with E-state index in [-0.39, 0.29) is 6.61 Å². The second-order valence-corrected chi connectivity index (χ2v) is 4.23. The van der Waals surface area contributed by atoms with Gasteiger partial charge >= 0.3 is 5.97 Å². The van der Waals surface area contributed by atoms with E-state index in [1.165, 1.54) is 13.3 Å². The number of rotatable bonds is 4. The summed E-state index contributed by atoms with van der Waals surface area (Å²) in [5, 5.41) is 0.611. The number of benzene rings is 1. The third-order valence-electron chi connectivity index (χ3n) is 2.44. The number of halogens is 1. The number of hydrogen-bond acceptors (Lipinski definition) is 4. The van der Waals surface area contributed by atoms with Gasteiger partial charge in [0.05, 0.1) is 12.7 Å². The number of methoxy groups -OCH3 is 1. The van der Waals surface area contributed by atoms with Crippen molar-refractivity contribution in [3.63, 3.8) is 0 Å². The van der Waals surface area contributed by atoms with Gasteiger partial charge in [0.1, 0.15) is 6.61 Å². The Kier molecular flexibility index (Phi) is 4.36. The minimum atomic E-state index is -0.435. The molecule has 98 valence electrons. The van der Waals surface area contributed by atoms with E-state index in [1.807, 2.05) is 6.07 Å². The Labute approximate surface area is 115 Å². The summed E-state index contributed by atoms with van der Waals surface area (Å²) in [5.74, 6) is 0.0153. The van der Waals surface area contributed by atoms with Crippen LogP contribution in [0.15, 0.2) is 42.6 Å². The smallest absolute Gasteiger partial charge is 0.340 e. The zero-order chi connectivity index (χ0) is 13.7. The van der Waals surface area contributed by atoms with E-state index < -0.39 is 5.97 Å². The van der Waals surface area contributed by atoms with Crippen LogP contribution in [-0.4, -0.2) is 18.1 Å². The molecule has 19 heavy (non-hydrogen) atoms. The molecule has 0 aliphatic rings. The van der Waals surface area contributed by atoms with E-state index in [1.54, 1.807) is 30.3 Å². The van der Waals surface area contributed by atoms with Crippen molar-refractivity contribution < 1.29 is 14.3 Å². The zero-order valence-electron chi connectivity index (χ0n) is 10.3. The van der Waals surface area contributed by atoms with Gasteiger partial charge in [0.25, 0.3) is 0 Å². The molecule has 1 aromatic carbocycles. The lowest BCUT2D eigenvalue weighted by Crippen LogP contribution is -2.05. The molecule has 2 rings (SSSR count).